The maximum Gasteiger partial charge on any atom is 0.142 e. The summed E-state index contributed by atoms with van der Waals surface area (Å²) in [6.07, 6.45) is 7.38. The quantitative estimate of drug-likeness (QED) is 0.261. The third-order valence-electron chi connectivity index (χ3n) is 5.22. The van der Waals surface area contributed by atoms with Gasteiger partial charge in [-0.2, -0.15) is 0 Å². The lowest BCUT2D eigenvalue weighted by Crippen LogP contribution is -2.12. The van der Waals surface area contributed by atoms with Crippen molar-refractivity contribution in [2.75, 3.05) is 11.9 Å². The third-order valence-corrected chi connectivity index (χ3v) is 5.22. The molecular weight excluding hydrogens is 352 g/mol. The van der Waals surface area contributed by atoms with E-state index >= 15 is 0 Å². The summed E-state index contributed by atoms with van der Waals surface area (Å²) in [6, 6.07) is 11.7. The first-order chi connectivity index (χ1) is 13.8. The summed E-state index contributed by atoms with van der Waals surface area (Å²) in [5, 5.41) is 26.2. The van der Waals surface area contributed by atoms with E-state index < -0.39 is 0 Å². The zero-order chi connectivity index (χ0) is 19.3. The molecule has 1 aliphatic rings. The summed E-state index contributed by atoms with van der Waals surface area (Å²) in [5.74, 6) is 0.00885. The van der Waals surface area contributed by atoms with E-state index in [9.17, 15) is 5.11 Å². The number of oxime groups is 1. The Morgan fingerprint density at radius 2 is 1.93 bits per heavy atom. The lowest BCUT2D eigenvalue weighted by molar-refractivity contribution is 0.321. The van der Waals surface area contributed by atoms with Crippen molar-refractivity contribution in [1.29, 1.82) is 0 Å². The molecule has 0 atom stereocenters. The van der Waals surface area contributed by atoms with Crippen molar-refractivity contribution < 1.29 is 10.3 Å². The molecule has 1 aliphatic carbocycles. The van der Waals surface area contributed by atoms with Gasteiger partial charge in [0.15, 0.2) is 0 Å². The lowest BCUT2D eigenvalue weighted by atomic mass is 9.92. The van der Waals surface area contributed by atoms with E-state index in [0.717, 1.165) is 49.7 Å². The van der Waals surface area contributed by atoms with E-state index in [1.54, 1.807) is 12.1 Å². The fraction of sp³-hybridized carbons (Fsp3) is 0.318. The highest BCUT2D eigenvalue weighted by Crippen LogP contribution is 2.33. The van der Waals surface area contributed by atoms with Crippen molar-refractivity contribution in [3.8, 4) is 5.75 Å². The van der Waals surface area contributed by atoms with E-state index in [2.05, 4.69) is 33.7 Å². The molecule has 0 radical (unpaired) electrons. The van der Waals surface area contributed by atoms with Crippen LogP contribution in [0.2, 0.25) is 0 Å². The molecule has 3 aromatic rings. The summed E-state index contributed by atoms with van der Waals surface area (Å²) < 4.78 is 0. The molecule has 0 fully saturated rings. The number of hydrogen-bond donors (Lipinski definition) is 3. The average Bonchev–Trinajstić information content (AvgIpc) is 2.72. The van der Waals surface area contributed by atoms with Crippen LogP contribution in [-0.4, -0.2) is 33.0 Å². The number of para-hydroxylation sites is 1. The van der Waals surface area contributed by atoms with Crippen molar-refractivity contribution in [1.82, 2.24) is 9.97 Å². The summed E-state index contributed by atoms with van der Waals surface area (Å²) in [7, 11) is 0. The number of benzene rings is 1. The van der Waals surface area contributed by atoms with E-state index in [1.165, 1.54) is 35.2 Å². The summed E-state index contributed by atoms with van der Waals surface area (Å²) in [6.45, 7) is 0.826. The van der Waals surface area contributed by atoms with E-state index in [4.69, 9.17) is 10.2 Å². The highest BCUT2D eigenvalue weighted by atomic mass is 16.4. The van der Waals surface area contributed by atoms with Gasteiger partial charge in [-0.1, -0.05) is 23.4 Å². The average molecular weight is 376 g/mol. The summed E-state index contributed by atoms with van der Waals surface area (Å²) in [5.41, 5.74) is 6.03. The van der Waals surface area contributed by atoms with Crippen LogP contribution in [0, 0.1) is 0 Å². The largest absolute Gasteiger partial charge is 0.506 e. The molecule has 0 aliphatic heterocycles. The number of nitrogens with zero attached hydrogens (tertiary/aromatic N) is 3. The van der Waals surface area contributed by atoms with Crippen molar-refractivity contribution >= 4 is 22.8 Å². The van der Waals surface area contributed by atoms with Gasteiger partial charge in [0, 0.05) is 29.0 Å². The van der Waals surface area contributed by atoms with Crippen molar-refractivity contribution in [2.45, 2.75) is 38.5 Å². The molecule has 0 saturated carbocycles. The number of anilines is 1. The van der Waals surface area contributed by atoms with Gasteiger partial charge in [0.25, 0.3) is 0 Å². The van der Waals surface area contributed by atoms with Crippen LogP contribution in [0.25, 0.3) is 10.9 Å². The van der Waals surface area contributed by atoms with Crippen molar-refractivity contribution in [2.24, 2.45) is 5.16 Å². The molecule has 1 aromatic carbocycles. The minimum atomic E-state index is 0.00885. The minimum absolute atomic E-state index is 0.00885. The summed E-state index contributed by atoms with van der Waals surface area (Å²) in [4.78, 5) is 9.21. The Morgan fingerprint density at radius 1 is 1.07 bits per heavy atom. The van der Waals surface area contributed by atoms with Crippen LogP contribution >= 0.6 is 0 Å². The second-order valence-electron chi connectivity index (χ2n) is 7.12. The molecule has 28 heavy (non-hydrogen) atoms. The molecule has 3 N–H and O–H groups in total. The molecule has 2 aromatic heterocycles. The van der Waals surface area contributed by atoms with Crippen molar-refractivity contribution in [3.05, 3.63) is 59.0 Å². The Hall–Kier alpha value is -3.15. The predicted molar refractivity (Wildman–Crippen MR) is 110 cm³/mol. The number of nitrogens with one attached hydrogen (secondary N) is 1. The Balaban J connectivity index is 1.48. The van der Waals surface area contributed by atoms with Crippen LogP contribution in [0.1, 0.15) is 41.9 Å². The molecule has 0 bridgehead atoms. The Bertz CT molecular complexity index is 1020. The standard InChI is InChI=1S/C22H24N4O2/c27-21-12-11-15(25-20(21)14-24-28)6-5-13-23-22-16-7-1-3-9-18(16)26-19-10-4-2-8-17(19)22/h1,3,7,9,11-12,14,27-28H,2,4-6,8,10,13H2,(H,23,26)/b24-14+. The fourth-order valence-corrected chi connectivity index (χ4v) is 3.86. The lowest BCUT2D eigenvalue weighted by Gasteiger charge is -2.21. The van der Waals surface area contributed by atoms with Gasteiger partial charge in [0.05, 0.1) is 11.7 Å². The number of aromatic nitrogens is 2. The number of aryl methyl sites for hydroxylation is 2. The Labute approximate surface area is 164 Å². The Morgan fingerprint density at radius 3 is 2.82 bits per heavy atom. The Kier molecular flexibility index (Phi) is 5.37. The molecule has 0 spiro atoms. The molecule has 0 amide bonds. The highest BCUT2D eigenvalue weighted by molar-refractivity contribution is 5.93. The third kappa shape index (κ3) is 3.76. The number of pyridine rings is 2. The molecule has 0 unspecified atom stereocenters. The first-order valence-electron chi connectivity index (χ1n) is 9.77. The van der Waals surface area contributed by atoms with Crippen LogP contribution in [0.3, 0.4) is 0 Å². The number of rotatable bonds is 6. The van der Waals surface area contributed by atoms with Crippen LogP contribution in [0.5, 0.6) is 5.75 Å². The molecule has 4 rings (SSSR count). The fourth-order valence-electron chi connectivity index (χ4n) is 3.86. The van der Waals surface area contributed by atoms with E-state index in [-0.39, 0.29) is 11.4 Å². The predicted octanol–water partition coefficient (Wildman–Crippen LogP) is 4.07. The van der Waals surface area contributed by atoms with Gasteiger partial charge in [-0.3, -0.25) is 4.98 Å². The molecule has 6 heteroatoms. The molecule has 6 nitrogen and oxygen atoms in total. The van der Waals surface area contributed by atoms with Gasteiger partial charge in [-0.05, 0) is 62.3 Å². The second-order valence-corrected chi connectivity index (χ2v) is 7.12. The number of aromatic hydroxyl groups is 1. The monoisotopic (exact) mass is 376 g/mol. The SMILES string of the molecule is O/N=C/c1nc(CCCNc2c3c(nc4ccccc24)CCCC3)ccc1O. The highest BCUT2D eigenvalue weighted by Gasteiger charge is 2.17. The minimum Gasteiger partial charge on any atom is -0.506 e. The van der Waals surface area contributed by atoms with Gasteiger partial charge in [0.1, 0.15) is 11.4 Å². The number of fused-ring (bicyclic) bond motifs is 2. The van der Waals surface area contributed by atoms with Crippen LogP contribution < -0.4 is 5.32 Å². The maximum absolute atomic E-state index is 9.72. The van der Waals surface area contributed by atoms with Gasteiger partial charge < -0.3 is 15.6 Å². The topological polar surface area (TPSA) is 90.6 Å². The van der Waals surface area contributed by atoms with Crippen LogP contribution in [0.15, 0.2) is 41.6 Å². The smallest absolute Gasteiger partial charge is 0.142 e. The van der Waals surface area contributed by atoms with Gasteiger partial charge in [-0.15, -0.1) is 0 Å². The van der Waals surface area contributed by atoms with E-state index in [0.29, 0.717) is 0 Å². The molecule has 0 saturated heterocycles. The van der Waals surface area contributed by atoms with Gasteiger partial charge in [-0.25, -0.2) is 4.98 Å². The number of hydrogen-bond acceptors (Lipinski definition) is 6. The normalized spacial score (nSPS) is 13.7. The molecule has 144 valence electrons. The second kappa shape index (κ2) is 8.25. The zero-order valence-electron chi connectivity index (χ0n) is 15.7. The zero-order valence-corrected chi connectivity index (χ0v) is 15.7. The van der Waals surface area contributed by atoms with Crippen LogP contribution in [-0.2, 0) is 19.3 Å². The maximum atomic E-state index is 9.72. The molecule has 2 heterocycles. The summed E-state index contributed by atoms with van der Waals surface area (Å²) >= 11 is 0. The molecular formula is C22H24N4O2. The van der Waals surface area contributed by atoms with Gasteiger partial charge >= 0.3 is 0 Å². The first-order valence-corrected chi connectivity index (χ1v) is 9.77. The van der Waals surface area contributed by atoms with Crippen molar-refractivity contribution in [3.63, 3.8) is 0 Å². The van der Waals surface area contributed by atoms with Gasteiger partial charge in [0.2, 0.25) is 0 Å². The first kappa shape index (κ1) is 18.2. The van der Waals surface area contributed by atoms with Crippen LogP contribution in [0.4, 0.5) is 5.69 Å². The van der Waals surface area contributed by atoms with E-state index in [1.807, 2.05) is 6.07 Å².